The van der Waals surface area contributed by atoms with Crippen molar-refractivity contribution in [3.8, 4) is 0 Å². The third kappa shape index (κ3) is 2.85. The molecule has 25 heavy (non-hydrogen) atoms. The summed E-state index contributed by atoms with van der Waals surface area (Å²) in [6, 6.07) is 22.5. The number of hydrogen-bond donors (Lipinski definition) is 0. The molecule has 0 amide bonds. The van der Waals surface area contributed by atoms with E-state index in [0.717, 1.165) is 16.5 Å². The van der Waals surface area contributed by atoms with E-state index in [1.807, 2.05) is 48.8 Å². The van der Waals surface area contributed by atoms with Crippen LogP contribution in [0.3, 0.4) is 0 Å². The van der Waals surface area contributed by atoms with Crippen molar-refractivity contribution in [1.29, 1.82) is 0 Å². The molecule has 0 aliphatic rings. The van der Waals surface area contributed by atoms with Gasteiger partial charge in [0.2, 0.25) is 0 Å². The first-order valence-corrected chi connectivity index (χ1v) is 8.30. The van der Waals surface area contributed by atoms with Gasteiger partial charge in [0.25, 0.3) is 0 Å². The van der Waals surface area contributed by atoms with Gasteiger partial charge in [-0.25, -0.2) is 0 Å². The van der Waals surface area contributed by atoms with Gasteiger partial charge >= 0.3 is 0 Å². The van der Waals surface area contributed by atoms with Gasteiger partial charge in [0.05, 0.1) is 6.04 Å². The molecule has 4 rings (SSSR count). The highest BCUT2D eigenvalue weighted by Crippen LogP contribution is 2.31. The van der Waals surface area contributed by atoms with Crippen LogP contribution in [0.2, 0.25) is 0 Å². The number of fused-ring (bicyclic) bond motifs is 1. The minimum atomic E-state index is 0.0601. The average molecular weight is 326 g/mol. The smallest absolute Gasteiger partial charge is 0.159 e. The first kappa shape index (κ1) is 15.3. The highest BCUT2D eigenvalue weighted by atomic mass is 16.1. The molecule has 0 aliphatic heterocycles. The van der Waals surface area contributed by atoms with E-state index < -0.39 is 0 Å². The van der Waals surface area contributed by atoms with E-state index in [0.29, 0.717) is 0 Å². The van der Waals surface area contributed by atoms with E-state index >= 15 is 0 Å². The molecule has 0 radical (unpaired) electrons. The molecule has 3 nitrogen and oxygen atoms in total. The normalized spacial score (nSPS) is 12.2. The van der Waals surface area contributed by atoms with Gasteiger partial charge in [-0.05, 0) is 54.4 Å². The number of aromatic nitrogens is 2. The standard InChI is InChI=1S/C22H18N2O/c1-16(25)19-7-8-21-20(15-19)11-14-24(21)22(17-5-3-2-4-6-17)18-9-12-23-13-10-18/h2-15,22H,1H3. The summed E-state index contributed by atoms with van der Waals surface area (Å²) in [5.41, 5.74) is 4.23. The van der Waals surface area contributed by atoms with Crippen LogP contribution >= 0.6 is 0 Å². The summed E-state index contributed by atoms with van der Waals surface area (Å²) >= 11 is 0. The molecule has 4 aromatic rings. The molecule has 122 valence electrons. The lowest BCUT2D eigenvalue weighted by Crippen LogP contribution is -2.11. The van der Waals surface area contributed by atoms with Crippen molar-refractivity contribution >= 4 is 16.7 Å². The van der Waals surface area contributed by atoms with Crippen molar-refractivity contribution in [2.75, 3.05) is 0 Å². The summed E-state index contributed by atoms with van der Waals surface area (Å²) in [5, 5.41) is 1.07. The Morgan fingerprint density at radius 1 is 0.920 bits per heavy atom. The lowest BCUT2D eigenvalue weighted by molar-refractivity contribution is 0.101. The molecular weight excluding hydrogens is 308 g/mol. The minimum Gasteiger partial charge on any atom is -0.336 e. The Morgan fingerprint density at radius 3 is 2.36 bits per heavy atom. The summed E-state index contributed by atoms with van der Waals surface area (Å²) in [5.74, 6) is 0.0865. The quantitative estimate of drug-likeness (QED) is 0.501. The summed E-state index contributed by atoms with van der Waals surface area (Å²) in [4.78, 5) is 15.8. The van der Waals surface area contributed by atoms with E-state index in [1.54, 1.807) is 6.92 Å². The van der Waals surface area contributed by atoms with Gasteiger partial charge in [-0.3, -0.25) is 9.78 Å². The summed E-state index contributed by atoms with van der Waals surface area (Å²) < 4.78 is 2.25. The SMILES string of the molecule is CC(=O)c1ccc2c(ccn2C(c2ccccc2)c2ccncc2)c1. The topological polar surface area (TPSA) is 34.9 Å². The van der Waals surface area contributed by atoms with Crippen LogP contribution in [0.15, 0.2) is 85.3 Å². The van der Waals surface area contributed by atoms with Crippen molar-refractivity contribution < 1.29 is 4.79 Å². The van der Waals surface area contributed by atoms with Gasteiger partial charge in [0.1, 0.15) is 0 Å². The molecule has 0 N–H and O–H groups in total. The minimum absolute atomic E-state index is 0.0601. The first-order chi connectivity index (χ1) is 12.2. The molecular formula is C22H18N2O. The lowest BCUT2D eigenvalue weighted by atomic mass is 9.99. The number of rotatable bonds is 4. The third-order valence-corrected chi connectivity index (χ3v) is 4.54. The van der Waals surface area contributed by atoms with Gasteiger partial charge in [0, 0.05) is 35.1 Å². The Bertz CT molecular complexity index is 980. The third-order valence-electron chi connectivity index (χ3n) is 4.54. The van der Waals surface area contributed by atoms with Gasteiger partial charge < -0.3 is 4.57 Å². The number of benzene rings is 2. The Hall–Kier alpha value is -3.20. The predicted molar refractivity (Wildman–Crippen MR) is 99.9 cm³/mol. The highest BCUT2D eigenvalue weighted by molar-refractivity contribution is 5.98. The van der Waals surface area contributed by atoms with Crippen molar-refractivity contribution in [1.82, 2.24) is 9.55 Å². The van der Waals surface area contributed by atoms with E-state index in [4.69, 9.17) is 0 Å². The molecule has 0 aliphatic carbocycles. The molecule has 0 saturated carbocycles. The summed E-state index contributed by atoms with van der Waals surface area (Å²) in [7, 11) is 0. The molecule has 3 heteroatoms. The second-order valence-corrected chi connectivity index (χ2v) is 6.15. The zero-order valence-corrected chi connectivity index (χ0v) is 14.0. The first-order valence-electron chi connectivity index (χ1n) is 8.30. The van der Waals surface area contributed by atoms with Crippen LogP contribution in [0.1, 0.15) is 34.5 Å². The predicted octanol–water partition coefficient (Wildman–Crippen LogP) is 4.88. The van der Waals surface area contributed by atoms with Gasteiger partial charge in [-0.1, -0.05) is 30.3 Å². The molecule has 0 bridgehead atoms. The van der Waals surface area contributed by atoms with Crippen LogP contribution in [-0.2, 0) is 0 Å². The number of carbonyl (C=O) groups excluding carboxylic acids is 1. The van der Waals surface area contributed by atoms with E-state index in [2.05, 4.69) is 46.1 Å². The van der Waals surface area contributed by atoms with Crippen molar-refractivity contribution in [2.45, 2.75) is 13.0 Å². The second kappa shape index (κ2) is 6.36. The van der Waals surface area contributed by atoms with Crippen molar-refractivity contribution in [3.63, 3.8) is 0 Å². The van der Waals surface area contributed by atoms with Crippen LogP contribution < -0.4 is 0 Å². The van der Waals surface area contributed by atoms with E-state index in [-0.39, 0.29) is 11.8 Å². The Kier molecular flexibility index (Phi) is 3.90. The van der Waals surface area contributed by atoms with Gasteiger partial charge in [-0.15, -0.1) is 0 Å². The average Bonchev–Trinajstić information content (AvgIpc) is 3.07. The molecule has 0 saturated heterocycles. The fraction of sp³-hybridized carbons (Fsp3) is 0.0909. The molecule has 1 unspecified atom stereocenters. The van der Waals surface area contributed by atoms with Crippen LogP contribution in [0, 0.1) is 0 Å². The fourth-order valence-corrected chi connectivity index (χ4v) is 3.30. The molecule has 1 atom stereocenters. The number of ketones is 1. The lowest BCUT2D eigenvalue weighted by Gasteiger charge is -2.21. The highest BCUT2D eigenvalue weighted by Gasteiger charge is 2.18. The summed E-state index contributed by atoms with van der Waals surface area (Å²) in [6.07, 6.45) is 5.74. The molecule has 0 spiro atoms. The van der Waals surface area contributed by atoms with Crippen LogP contribution in [0.5, 0.6) is 0 Å². The molecule has 0 fully saturated rings. The Balaban J connectivity index is 1.91. The van der Waals surface area contributed by atoms with E-state index in [9.17, 15) is 4.79 Å². The van der Waals surface area contributed by atoms with Crippen LogP contribution in [-0.4, -0.2) is 15.3 Å². The van der Waals surface area contributed by atoms with Crippen molar-refractivity contribution in [3.05, 3.63) is 102 Å². The van der Waals surface area contributed by atoms with Gasteiger partial charge in [0.15, 0.2) is 5.78 Å². The fourth-order valence-electron chi connectivity index (χ4n) is 3.30. The Morgan fingerprint density at radius 2 is 1.64 bits per heavy atom. The van der Waals surface area contributed by atoms with Gasteiger partial charge in [-0.2, -0.15) is 0 Å². The molecule has 2 aromatic carbocycles. The largest absolute Gasteiger partial charge is 0.336 e. The number of carbonyl (C=O) groups is 1. The number of hydrogen-bond acceptors (Lipinski definition) is 2. The zero-order chi connectivity index (χ0) is 17.2. The zero-order valence-electron chi connectivity index (χ0n) is 14.0. The van der Waals surface area contributed by atoms with Crippen LogP contribution in [0.4, 0.5) is 0 Å². The maximum absolute atomic E-state index is 11.7. The Labute approximate surface area is 146 Å². The summed E-state index contributed by atoms with van der Waals surface area (Å²) in [6.45, 7) is 1.60. The number of nitrogens with zero attached hydrogens (tertiary/aromatic N) is 2. The number of pyridine rings is 1. The molecule has 2 heterocycles. The van der Waals surface area contributed by atoms with Crippen LogP contribution in [0.25, 0.3) is 10.9 Å². The molecule has 2 aromatic heterocycles. The van der Waals surface area contributed by atoms with E-state index in [1.165, 1.54) is 11.1 Å². The number of Topliss-reactive ketones (excluding diaryl/α,β-unsaturated/α-hetero) is 1. The maximum atomic E-state index is 11.7. The van der Waals surface area contributed by atoms with Crippen molar-refractivity contribution in [2.24, 2.45) is 0 Å². The maximum Gasteiger partial charge on any atom is 0.159 e. The second-order valence-electron chi connectivity index (χ2n) is 6.15. The monoisotopic (exact) mass is 326 g/mol.